The summed E-state index contributed by atoms with van der Waals surface area (Å²) in [6.45, 7) is 2.03. The molecular formula is C20H17ClN4O. The largest absolute Gasteiger partial charge is 0.274 e. The van der Waals surface area contributed by atoms with E-state index in [9.17, 15) is 4.79 Å². The lowest BCUT2D eigenvalue weighted by molar-refractivity contribution is -0.119. The van der Waals surface area contributed by atoms with Crippen LogP contribution in [0.4, 0.5) is 0 Å². The Balaban J connectivity index is 1.96. The minimum absolute atomic E-state index is 0.216. The fourth-order valence-electron chi connectivity index (χ4n) is 2.65. The van der Waals surface area contributed by atoms with Gasteiger partial charge in [-0.25, -0.2) is 4.68 Å². The molecule has 1 N–H and O–H groups in total. The van der Waals surface area contributed by atoms with Gasteiger partial charge in [-0.15, -0.1) is 0 Å². The molecule has 3 rings (SSSR count). The topological polar surface area (TPSA) is 70.7 Å². The summed E-state index contributed by atoms with van der Waals surface area (Å²) in [6, 6.07) is 15.5. The normalized spacial score (nSPS) is 10.3. The van der Waals surface area contributed by atoms with Gasteiger partial charge in [0.2, 0.25) is 5.91 Å². The highest BCUT2D eigenvalue weighted by molar-refractivity contribution is 6.30. The van der Waals surface area contributed by atoms with Crippen molar-refractivity contribution in [3.8, 4) is 23.1 Å². The molecule has 6 heteroatoms. The van der Waals surface area contributed by atoms with Gasteiger partial charge in [-0.2, -0.15) is 10.4 Å². The lowest BCUT2D eigenvalue weighted by atomic mass is 10.0. The van der Waals surface area contributed by atoms with Gasteiger partial charge in [0.25, 0.3) is 0 Å². The number of hydrogen-bond donors (Lipinski definition) is 1. The maximum absolute atomic E-state index is 11.6. The van der Waals surface area contributed by atoms with Crippen LogP contribution >= 0.6 is 11.6 Å². The van der Waals surface area contributed by atoms with Gasteiger partial charge >= 0.3 is 0 Å². The number of carbonyl (C=O) groups excluding carboxylic acids is 1. The Morgan fingerprint density at radius 3 is 2.54 bits per heavy atom. The van der Waals surface area contributed by atoms with E-state index < -0.39 is 0 Å². The molecule has 1 amide bonds. The molecule has 0 saturated heterocycles. The van der Waals surface area contributed by atoms with Crippen LogP contribution in [-0.4, -0.2) is 15.7 Å². The number of hydrogen-bond acceptors (Lipinski definition) is 3. The summed E-state index contributed by atoms with van der Waals surface area (Å²) >= 11 is 5.98. The molecular weight excluding hydrogens is 348 g/mol. The van der Waals surface area contributed by atoms with E-state index in [0.29, 0.717) is 11.4 Å². The minimum atomic E-state index is -0.308. The summed E-state index contributed by atoms with van der Waals surface area (Å²) in [4.78, 5) is 11.6. The van der Waals surface area contributed by atoms with Crippen LogP contribution in [0, 0.1) is 18.4 Å². The third kappa shape index (κ3) is 4.11. The first kappa shape index (κ1) is 17.7. The number of aryl methyl sites for hydroxylation is 2. The first-order chi connectivity index (χ1) is 12.6. The number of aromatic nitrogens is 2. The van der Waals surface area contributed by atoms with Crippen LogP contribution in [0.2, 0.25) is 5.02 Å². The van der Waals surface area contributed by atoms with E-state index in [1.54, 1.807) is 10.9 Å². The molecule has 26 heavy (non-hydrogen) atoms. The molecule has 0 unspecified atom stereocenters. The van der Waals surface area contributed by atoms with E-state index in [1.165, 1.54) is 5.56 Å². The maximum atomic E-state index is 11.6. The van der Waals surface area contributed by atoms with Crippen LogP contribution in [0.3, 0.4) is 0 Å². The van der Waals surface area contributed by atoms with E-state index >= 15 is 0 Å². The lowest BCUT2D eigenvalue weighted by Crippen LogP contribution is -2.17. The van der Waals surface area contributed by atoms with Crippen LogP contribution in [0.1, 0.15) is 17.5 Å². The number of amides is 1. The smallest absolute Gasteiger partial charge is 0.233 e. The van der Waals surface area contributed by atoms with Crippen molar-refractivity contribution >= 4 is 17.5 Å². The Labute approximate surface area is 156 Å². The predicted octanol–water partition coefficient (Wildman–Crippen LogP) is 4.03. The summed E-state index contributed by atoms with van der Waals surface area (Å²) in [5.41, 5.74) is 4.77. The van der Waals surface area contributed by atoms with Crippen LogP contribution in [0.25, 0.3) is 16.9 Å². The summed E-state index contributed by atoms with van der Waals surface area (Å²) in [7, 11) is 0. The van der Waals surface area contributed by atoms with Crippen molar-refractivity contribution in [3.63, 3.8) is 0 Å². The highest BCUT2D eigenvalue weighted by Gasteiger charge is 2.14. The maximum Gasteiger partial charge on any atom is 0.233 e. The van der Waals surface area contributed by atoms with Gasteiger partial charge in [-0.1, -0.05) is 41.4 Å². The molecule has 1 aromatic heterocycles. The molecule has 0 atom stereocenters. The molecule has 0 fully saturated rings. The molecule has 0 aliphatic carbocycles. The first-order valence-electron chi connectivity index (χ1n) is 8.16. The second kappa shape index (κ2) is 7.85. The molecule has 3 aromatic rings. The average molecular weight is 365 g/mol. The van der Waals surface area contributed by atoms with Crippen molar-refractivity contribution < 1.29 is 4.79 Å². The standard InChI is InChI=1S/C20H17ClN4O/c1-14-2-9-18(10-3-14)25-12-16(6-11-19(26)23-13-22)20(24-25)15-4-7-17(21)8-5-15/h2-5,7-10,12H,6,11H2,1H3,(H,23,26). The number of nitrogens with zero attached hydrogens (tertiary/aromatic N) is 3. The fraction of sp³-hybridized carbons (Fsp3) is 0.150. The van der Waals surface area contributed by atoms with Gasteiger partial charge in [-0.05, 0) is 43.2 Å². The Morgan fingerprint density at radius 2 is 1.88 bits per heavy atom. The molecule has 0 aliphatic rings. The zero-order valence-corrected chi connectivity index (χ0v) is 15.0. The Morgan fingerprint density at radius 1 is 1.19 bits per heavy atom. The zero-order chi connectivity index (χ0) is 18.5. The molecule has 130 valence electrons. The van der Waals surface area contributed by atoms with Crippen molar-refractivity contribution in [2.24, 2.45) is 0 Å². The zero-order valence-electron chi connectivity index (χ0n) is 14.2. The Hall–Kier alpha value is -3.10. The molecule has 2 aromatic carbocycles. The van der Waals surface area contributed by atoms with Crippen molar-refractivity contribution in [2.45, 2.75) is 19.8 Å². The van der Waals surface area contributed by atoms with E-state index in [-0.39, 0.29) is 12.3 Å². The monoisotopic (exact) mass is 364 g/mol. The highest BCUT2D eigenvalue weighted by Crippen LogP contribution is 2.26. The number of rotatable bonds is 5. The summed E-state index contributed by atoms with van der Waals surface area (Å²) in [5.74, 6) is -0.308. The lowest BCUT2D eigenvalue weighted by Gasteiger charge is -2.02. The Kier molecular flexibility index (Phi) is 5.35. The predicted molar refractivity (Wildman–Crippen MR) is 101 cm³/mol. The van der Waals surface area contributed by atoms with E-state index in [1.807, 2.05) is 61.7 Å². The molecule has 0 spiro atoms. The van der Waals surface area contributed by atoms with Gasteiger partial charge in [0.15, 0.2) is 6.19 Å². The number of benzene rings is 2. The summed E-state index contributed by atoms with van der Waals surface area (Å²) < 4.78 is 1.81. The summed E-state index contributed by atoms with van der Waals surface area (Å²) in [6.07, 6.45) is 4.28. The van der Waals surface area contributed by atoms with Crippen molar-refractivity contribution in [1.29, 1.82) is 5.26 Å². The molecule has 5 nitrogen and oxygen atoms in total. The SMILES string of the molecule is Cc1ccc(-n2cc(CCC(=O)NC#N)c(-c3ccc(Cl)cc3)n2)cc1. The minimum Gasteiger partial charge on any atom is -0.274 e. The molecule has 1 heterocycles. The fourth-order valence-corrected chi connectivity index (χ4v) is 2.77. The second-order valence-electron chi connectivity index (χ2n) is 5.95. The van der Waals surface area contributed by atoms with Gasteiger partial charge in [0, 0.05) is 23.2 Å². The molecule has 0 aliphatic heterocycles. The van der Waals surface area contributed by atoms with Crippen molar-refractivity contribution in [3.05, 3.63) is 70.9 Å². The third-order valence-corrected chi connectivity index (χ3v) is 4.27. The van der Waals surface area contributed by atoms with Gasteiger partial charge in [0.1, 0.15) is 0 Å². The van der Waals surface area contributed by atoms with Crippen LogP contribution in [0.5, 0.6) is 0 Å². The van der Waals surface area contributed by atoms with Gasteiger partial charge in [-0.3, -0.25) is 10.1 Å². The highest BCUT2D eigenvalue weighted by atomic mass is 35.5. The van der Waals surface area contributed by atoms with Crippen molar-refractivity contribution in [1.82, 2.24) is 15.1 Å². The third-order valence-electron chi connectivity index (χ3n) is 4.02. The second-order valence-corrected chi connectivity index (χ2v) is 6.39. The number of carbonyl (C=O) groups is 1. The van der Waals surface area contributed by atoms with Crippen LogP contribution < -0.4 is 5.32 Å². The average Bonchev–Trinajstić information content (AvgIpc) is 3.06. The molecule has 0 radical (unpaired) electrons. The number of halogens is 1. The van der Waals surface area contributed by atoms with Gasteiger partial charge < -0.3 is 0 Å². The first-order valence-corrected chi connectivity index (χ1v) is 8.54. The van der Waals surface area contributed by atoms with E-state index in [2.05, 4.69) is 5.32 Å². The van der Waals surface area contributed by atoms with E-state index in [4.69, 9.17) is 22.0 Å². The molecule has 0 bridgehead atoms. The van der Waals surface area contributed by atoms with Gasteiger partial charge in [0.05, 0.1) is 11.4 Å². The van der Waals surface area contributed by atoms with Crippen LogP contribution in [0.15, 0.2) is 54.7 Å². The number of nitriles is 1. The summed E-state index contributed by atoms with van der Waals surface area (Å²) in [5, 5.41) is 16.1. The van der Waals surface area contributed by atoms with Crippen LogP contribution in [-0.2, 0) is 11.2 Å². The Bertz CT molecular complexity index is 953. The number of nitrogens with one attached hydrogen (secondary N) is 1. The molecule has 0 saturated carbocycles. The van der Waals surface area contributed by atoms with E-state index in [0.717, 1.165) is 22.5 Å². The quantitative estimate of drug-likeness (QED) is 0.548. The van der Waals surface area contributed by atoms with Crippen molar-refractivity contribution in [2.75, 3.05) is 0 Å².